The van der Waals surface area contributed by atoms with Crippen molar-refractivity contribution < 1.29 is 0 Å². The normalized spacial score (nSPS) is 12.3. The molecule has 0 radical (unpaired) electrons. The van der Waals surface area contributed by atoms with E-state index in [1.54, 1.807) is 0 Å². The summed E-state index contributed by atoms with van der Waals surface area (Å²) in [7, 11) is 0. The van der Waals surface area contributed by atoms with Crippen LogP contribution in [0.1, 0.15) is 11.1 Å². The number of benzene rings is 6. The van der Waals surface area contributed by atoms with Crippen LogP contribution in [0.15, 0.2) is 115 Å². The third-order valence-corrected chi connectivity index (χ3v) is 6.31. The number of allylic oxidation sites excluding steroid dienone is 1. The van der Waals surface area contributed by atoms with E-state index in [4.69, 9.17) is 0 Å². The zero-order valence-corrected chi connectivity index (χ0v) is 17.3. The summed E-state index contributed by atoms with van der Waals surface area (Å²) >= 11 is 0. The minimum atomic E-state index is 1.08. The summed E-state index contributed by atoms with van der Waals surface area (Å²) in [4.78, 5) is 0. The Morgan fingerprint density at radius 3 is 1.35 bits per heavy atom. The van der Waals surface area contributed by atoms with E-state index in [1.807, 2.05) is 0 Å². The van der Waals surface area contributed by atoms with Crippen LogP contribution < -0.4 is 0 Å². The summed E-state index contributed by atoms with van der Waals surface area (Å²) in [6, 6.07) is 39.0. The fourth-order valence-electron chi connectivity index (χ4n) is 4.93. The topological polar surface area (TPSA) is 0 Å². The standard InChI is InChI=1S/C18H12.C13H10/c1-2-8-14-13(7-1)15-9-3-4-11-17(15)18-12-6-5-10-16(14)18;1-4-10-6-2-8-12-9-3-7-11(5-1)13(10)12/h1-12H;1-8H,9H2. The summed E-state index contributed by atoms with van der Waals surface area (Å²) in [5, 5.41) is 10.8. The van der Waals surface area contributed by atoms with Gasteiger partial charge in [-0.1, -0.05) is 121 Å². The van der Waals surface area contributed by atoms with Gasteiger partial charge in [0.05, 0.1) is 0 Å². The number of hydrogen-bond acceptors (Lipinski definition) is 0. The molecule has 0 heteroatoms. The van der Waals surface area contributed by atoms with Crippen LogP contribution in [0.3, 0.4) is 0 Å². The highest BCUT2D eigenvalue weighted by atomic mass is 14.1. The molecule has 6 aromatic carbocycles. The van der Waals surface area contributed by atoms with Crippen LogP contribution in [-0.2, 0) is 6.42 Å². The molecule has 0 fully saturated rings. The lowest BCUT2D eigenvalue weighted by Crippen LogP contribution is -1.91. The molecule has 146 valence electrons. The Bertz CT molecular complexity index is 1380. The van der Waals surface area contributed by atoms with Gasteiger partial charge >= 0.3 is 0 Å². The molecule has 0 aliphatic heterocycles. The Morgan fingerprint density at radius 2 is 0.871 bits per heavy atom. The molecular weight excluding hydrogens is 372 g/mol. The molecule has 7 rings (SSSR count). The van der Waals surface area contributed by atoms with Crippen LogP contribution in [0.25, 0.3) is 49.2 Å². The monoisotopic (exact) mass is 394 g/mol. The van der Waals surface area contributed by atoms with Crippen molar-refractivity contribution in [1.29, 1.82) is 0 Å². The Labute approximate surface area is 182 Å². The quantitative estimate of drug-likeness (QED) is 0.226. The molecule has 0 amide bonds. The minimum Gasteiger partial charge on any atom is -0.0795 e. The van der Waals surface area contributed by atoms with Gasteiger partial charge in [-0.05, 0) is 60.6 Å². The van der Waals surface area contributed by atoms with Crippen molar-refractivity contribution in [2.75, 3.05) is 0 Å². The third-order valence-electron chi connectivity index (χ3n) is 6.31. The van der Waals surface area contributed by atoms with Crippen molar-refractivity contribution in [2.45, 2.75) is 6.42 Å². The fraction of sp³-hybridized carbons (Fsp3) is 0.0323. The first-order valence-corrected chi connectivity index (χ1v) is 10.9. The molecule has 0 nitrogen and oxygen atoms in total. The van der Waals surface area contributed by atoms with Crippen LogP contribution in [0, 0.1) is 0 Å². The smallest absolute Gasteiger partial charge is 0.00763 e. The van der Waals surface area contributed by atoms with Gasteiger partial charge in [-0.15, -0.1) is 0 Å². The SMILES string of the molecule is C1=Cc2cccc3cccc(c23)C1.c1ccc2c(c1)c1ccccc1c1ccccc21. The van der Waals surface area contributed by atoms with Crippen molar-refractivity contribution in [3.8, 4) is 0 Å². The third kappa shape index (κ3) is 3.00. The second-order valence-corrected chi connectivity index (χ2v) is 8.11. The molecule has 6 aromatic rings. The van der Waals surface area contributed by atoms with E-state index in [0.29, 0.717) is 0 Å². The van der Waals surface area contributed by atoms with E-state index in [1.165, 1.54) is 54.2 Å². The molecule has 0 spiro atoms. The summed E-state index contributed by atoms with van der Waals surface area (Å²) in [6.45, 7) is 0. The van der Waals surface area contributed by atoms with E-state index < -0.39 is 0 Å². The molecular formula is C31H22. The van der Waals surface area contributed by atoms with Crippen molar-refractivity contribution in [1.82, 2.24) is 0 Å². The minimum absolute atomic E-state index is 1.08. The van der Waals surface area contributed by atoms with Crippen molar-refractivity contribution in [3.63, 3.8) is 0 Å². The Hall–Kier alpha value is -3.90. The van der Waals surface area contributed by atoms with Gasteiger partial charge in [0.25, 0.3) is 0 Å². The summed E-state index contributed by atoms with van der Waals surface area (Å²) in [6.07, 6.45) is 5.53. The van der Waals surface area contributed by atoms with Crippen LogP contribution in [0.2, 0.25) is 0 Å². The van der Waals surface area contributed by atoms with Crippen molar-refractivity contribution in [3.05, 3.63) is 126 Å². The zero-order valence-electron chi connectivity index (χ0n) is 17.3. The largest absolute Gasteiger partial charge is 0.0795 e. The lowest BCUT2D eigenvalue weighted by molar-refractivity contribution is 1.29. The van der Waals surface area contributed by atoms with Gasteiger partial charge in [-0.25, -0.2) is 0 Å². The molecule has 0 saturated carbocycles. The van der Waals surface area contributed by atoms with Gasteiger partial charge in [0.2, 0.25) is 0 Å². The Kier molecular flexibility index (Phi) is 4.28. The van der Waals surface area contributed by atoms with Crippen LogP contribution >= 0.6 is 0 Å². The molecule has 31 heavy (non-hydrogen) atoms. The highest BCUT2D eigenvalue weighted by Gasteiger charge is 2.07. The molecule has 0 unspecified atom stereocenters. The average molecular weight is 395 g/mol. The van der Waals surface area contributed by atoms with E-state index in [2.05, 4.69) is 121 Å². The highest BCUT2D eigenvalue weighted by Crippen LogP contribution is 2.34. The highest BCUT2D eigenvalue weighted by molar-refractivity contribution is 6.25. The number of fused-ring (bicyclic) bond motifs is 6. The molecule has 1 aliphatic rings. The van der Waals surface area contributed by atoms with E-state index in [-0.39, 0.29) is 0 Å². The second-order valence-electron chi connectivity index (χ2n) is 8.11. The predicted octanol–water partition coefficient (Wildman–Crippen LogP) is 8.56. The average Bonchev–Trinajstić information content (AvgIpc) is 2.85. The van der Waals surface area contributed by atoms with Gasteiger partial charge in [0, 0.05) is 0 Å². The lowest BCUT2D eigenvalue weighted by atomic mass is 9.93. The van der Waals surface area contributed by atoms with E-state index in [9.17, 15) is 0 Å². The maximum Gasteiger partial charge on any atom is -0.00763 e. The van der Waals surface area contributed by atoms with Gasteiger partial charge in [-0.3, -0.25) is 0 Å². The molecule has 0 heterocycles. The van der Waals surface area contributed by atoms with Gasteiger partial charge in [0.15, 0.2) is 0 Å². The summed E-state index contributed by atoms with van der Waals surface area (Å²) in [5.74, 6) is 0. The van der Waals surface area contributed by atoms with Crippen LogP contribution in [0.4, 0.5) is 0 Å². The predicted molar refractivity (Wildman–Crippen MR) is 136 cm³/mol. The summed E-state index contributed by atoms with van der Waals surface area (Å²) < 4.78 is 0. The van der Waals surface area contributed by atoms with E-state index in [0.717, 1.165) is 6.42 Å². The Balaban J connectivity index is 0.000000126. The van der Waals surface area contributed by atoms with Gasteiger partial charge in [-0.2, -0.15) is 0 Å². The zero-order chi connectivity index (χ0) is 20.6. The fourth-order valence-corrected chi connectivity index (χ4v) is 4.93. The van der Waals surface area contributed by atoms with Crippen molar-refractivity contribution in [2.24, 2.45) is 0 Å². The number of hydrogen-bond donors (Lipinski definition) is 0. The van der Waals surface area contributed by atoms with E-state index >= 15 is 0 Å². The van der Waals surface area contributed by atoms with Crippen LogP contribution in [-0.4, -0.2) is 0 Å². The first-order chi connectivity index (χ1) is 15.4. The molecule has 0 bridgehead atoms. The Morgan fingerprint density at radius 1 is 0.419 bits per heavy atom. The lowest BCUT2D eigenvalue weighted by Gasteiger charge is -2.11. The summed E-state index contributed by atoms with van der Waals surface area (Å²) in [5.41, 5.74) is 2.81. The van der Waals surface area contributed by atoms with Gasteiger partial charge < -0.3 is 0 Å². The van der Waals surface area contributed by atoms with Gasteiger partial charge in [0.1, 0.15) is 0 Å². The van der Waals surface area contributed by atoms with Crippen molar-refractivity contribution >= 4 is 49.2 Å². The first-order valence-electron chi connectivity index (χ1n) is 10.9. The molecule has 0 aromatic heterocycles. The molecule has 0 atom stereocenters. The maximum absolute atomic E-state index is 2.23. The molecule has 1 aliphatic carbocycles. The maximum atomic E-state index is 2.23. The first kappa shape index (κ1) is 17.9. The van der Waals surface area contributed by atoms with Crippen LogP contribution in [0.5, 0.6) is 0 Å². The number of rotatable bonds is 0. The second kappa shape index (κ2) is 7.41. The molecule has 0 saturated heterocycles. The molecule has 0 N–H and O–H groups in total.